The molecule has 3 heteroatoms. The maximum Gasteiger partial charge on any atom is 0.328 e. The van der Waals surface area contributed by atoms with Crippen molar-refractivity contribution in [2.75, 3.05) is 0 Å². The van der Waals surface area contributed by atoms with Gasteiger partial charge in [0.1, 0.15) is 6.10 Å². The number of allylic oxidation sites excluding steroid dienone is 1. The van der Waals surface area contributed by atoms with E-state index in [0.29, 0.717) is 0 Å². The topological polar surface area (TPSA) is 46.5 Å². The Hall–Kier alpha value is -1.25. The van der Waals surface area contributed by atoms with Gasteiger partial charge in [-0.25, -0.2) is 4.79 Å². The summed E-state index contributed by atoms with van der Waals surface area (Å²) in [6.45, 7) is 0. The molecule has 0 spiro atoms. The van der Waals surface area contributed by atoms with Crippen LogP contribution in [0.1, 0.15) is 12.8 Å². The lowest BCUT2D eigenvalue weighted by atomic mass is 10.1. The van der Waals surface area contributed by atoms with Gasteiger partial charge in [-0.1, -0.05) is 0 Å². The van der Waals surface area contributed by atoms with Crippen LogP contribution in [0.3, 0.4) is 0 Å². The van der Waals surface area contributed by atoms with Gasteiger partial charge in [0, 0.05) is 6.08 Å². The van der Waals surface area contributed by atoms with Crippen LogP contribution in [0.25, 0.3) is 0 Å². The van der Waals surface area contributed by atoms with Crippen molar-refractivity contribution in [3.8, 4) is 0 Å². The van der Waals surface area contributed by atoms with E-state index in [1.54, 1.807) is 12.3 Å². The number of hydrogen-bond donors (Lipinski definition) is 1. The Bertz CT molecular complexity index is 194. The van der Waals surface area contributed by atoms with Crippen LogP contribution >= 0.6 is 0 Å². The molecule has 60 valence electrons. The van der Waals surface area contributed by atoms with E-state index in [-0.39, 0.29) is 6.10 Å². The molecule has 1 atom stereocenters. The summed E-state index contributed by atoms with van der Waals surface area (Å²) in [4.78, 5) is 10.1. The van der Waals surface area contributed by atoms with Crippen LogP contribution in [-0.2, 0) is 9.53 Å². The van der Waals surface area contributed by atoms with Crippen LogP contribution in [0.4, 0.5) is 0 Å². The largest absolute Gasteiger partial charge is 0.494 e. The zero-order valence-electron chi connectivity index (χ0n) is 6.06. The lowest BCUT2D eigenvalue weighted by Gasteiger charge is -2.14. The molecule has 3 nitrogen and oxygen atoms in total. The Morgan fingerprint density at radius 2 is 2.55 bits per heavy atom. The zero-order valence-corrected chi connectivity index (χ0v) is 6.06. The molecule has 1 aliphatic rings. The lowest BCUT2D eigenvalue weighted by Crippen LogP contribution is -2.09. The van der Waals surface area contributed by atoms with Gasteiger partial charge >= 0.3 is 5.97 Å². The first-order valence-electron chi connectivity index (χ1n) is 3.50. The molecule has 1 rings (SSSR count). The highest BCUT2D eigenvalue weighted by molar-refractivity contribution is 5.79. The summed E-state index contributed by atoms with van der Waals surface area (Å²) in [7, 11) is 0. The summed E-state index contributed by atoms with van der Waals surface area (Å²) >= 11 is 0. The third-order valence-electron chi connectivity index (χ3n) is 1.42. The standard InChI is InChI=1S/C8H10O3/c9-8(10)5-4-7-3-1-2-6-11-7/h2,4-7H,1,3H2,(H,9,10)/b5-4-/t7-/m0/s1. The average molecular weight is 154 g/mol. The predicted octanol–water partition coefficient (Wildman–Crippen LogP) is 1.32. The molecule has 0 aromatic heterocycles. The van der Waals surface area contributed by atoms with Gasteiger partial charge in [-0.3, -0.25) is 0 Å². The van der Waals surface area contributed by atoms with Crippen LogP contribution in [0.15, 0.2) is 24.5 Å². The number of carboxylic acid groups (broad SMARTS) is 1. The Morgan fingerprint density at radius 1 is 1.73 bits per heavy atom. The second kappa shape index (κ2) is 3.81. The first kappa shape index (κ1) is 7.85. The molecule has 0 aliphatic carbocycles. The minimum Gasteiger partial charge on any atom is -0.494 e. The van der Waals surface area contributed by atoms with Crippen LogP contribution < -0.4 is 0 Å². The van der Waals surface area contributed by atoms with Crippen molar-refractivity contribution < 1.29 is 14.6 Å². The SMILES string of the molecule is O=C(O)/C=C\[C@@H]1CCC=CO1. The molecule has 0 aromatic rings. The van der Waals surface area contributed by atoms with Gasteiger partial charge in [-0.2, -0.15) is 0 Å². The smallest absolute Gasteiger partial charge is 0.328 e. The fourth-order valence-electron chi connectivity index (χ4n) is 0.884. The normalized spacial score (nSPS) is 23.5. The van der Waals surface area contributed by atoms with Crippen molar-refractivity contribution in [3.63, 3.8) is 0 Å². The molecule has 0 saturated carbocycles. The van der Waals surface area contributed by atoms with Crippen molar-refractivity contribution in [2.45, 2.75) is 18.9 Å². The van der Waals surface area contributed by atoms with Crippen LogP contribution in [0, 0.1) is 0 Å². The second-order valence-electron chi connectivity index (χ2n) is 2.32. The molecule has 0 saturated heterocycles. The van der Waals surface area contributed by atoms with E-state index in [4.69, 9.17) is 9.84 Å². The fraction of sp³-hybridized carbons (Fsp3) is 0.375. The monoisotopic (exact) mass is 154 g/mol. The van der Waals surface area contributed by atoms with E-state index < -0.39 is 5.97 Å². The minimum absolute atomic E-state index is 0.0592. The second-order valence-corrected chi connectivity index (χ2v) is 2.32. The number of carboxylic acids is 1. The number of aliphatic carboxylic acids is 1. The molecule has 0 bridgehead atoms. The molecular weight excluding hydrogens is 144 g/mol. The van der Waals surface area contributed by atoms with Crippen molar-refractivity contribution in [1.82, 2.24) is 0 Å². The quantitative estimate of drug-likeness (QED) is 0.610. The molecule has 11 heavy (non-hydrogen) atoms. The van der Waals surface area contributed by atoms with Crippen LogP contribution in [-0.4, -0.2) is 17.2 Å². The maximum atomic E-state index is 10.1. The van der Waals surface area contributed by atoms with E-state index in [1.807, 2.05) is 6.08 Å². The van der Waals surface area contributed by atoms with Crippen molar-refractivity contribution >= 4 is 5.97 Å². The summed E-state index contributed by atoms with van der Waals surface area (Å²) in [5, 5.41) is 8.28. The summed E-state index contributed by atoms with van der Waals surface area (Å²) in [6.07, 6.45) is 7.96. The van der Waals surface area contributed by atoms with Crippen LogP contribution in [0.2, 0.25) is 0 Å². The first-order chi connectivity index (χ1) is 5.29. The molecule has 1 N–H and O–H groups in total. The van der Waals surface area contributed by atoms with Gasteiger partial charge in [0.05, 0.1) is 6.26 Å². The third-order valence-corrected chi connectivity index (χ3v) is 1.42. The Morgan fingerprint density at radius 3 is 3.09 bits per heavy atom. The zero-order chi connectivity index (χ0) is 8.10. The highest BCUT2D eigenvalue weighted by atomic mass is 16.5. The molecule has 1 aliphatic heterocycles. The fourth-order valence-corrected chi connectivity index (χ4v) is 0.884. The van der Waals surface area contributed by atoms with Gasteiger partial charge in [-0.15, -0.1) is 0 Å². The van der Waals surface area contributed by atoms with Gasteiger partial charge in [-0.05, 0) is 25.0 Å². The number of carbonyl (C=O) groups is 1. The number of rotatable bonds is 2. The molecule has 0 amide bonds. The first-order valence-corrected chi connectivity index (χ1v) is 3.50. The van der Waals surface area contributed by atoms with E-state index >= 15 is 0 Å². The summed E-state index contributed by atoms with van der Waals surface area (Å²) in [5.41, 5.74) is 0. The minimum atomic E-state index is -0.928. The molecule has 0 unspecified atom stereocenters. The lowest BCUT2D eigenvalue weighted by molar-refractivity contribution is -0.131. The summed E-state index contributed by atoms with van der Waals surface area (Å²) < 4.78 is 5.10. The van der Waals surface area contributed by atoms with Crippen LogP contribution in [0.5, 0.6) is 0 Å². The summed E-state index contributed by atoms with van der Waals surface area (Å²) in [6, 6.07) is 0. The van der Waals surface area contributed by atoms with Crippen molar-refractivity contribution in [1.29, 1.82) is 0 Å². The Balaban J connectivity index is 2.37. The maximum absolute atomic E-state index is 10.1. The van der Waals surface area contributed by atoms with Crippen molar-refractivity contribution in [3.05, 3.63) is 24.5 Å². The average Bonchev–Trinajstić information content (AvgIpc) is 2.03. The van der Waals surface area contributed by atoms with Gasteiger partial charge in [0.15, 0.2) is 0 Å². The molecule has 0 fully saturated rings. The van der Waals surface area contributed by atoms with Crippen molar-refractivity contribution in [2.24, 2.45) is 0 Å². The van der Waals surface area contributed by atoms with Gasteiger partial charge in [0.2, 0.25) is 0 Å². The molecule has 0 radical (unpaired) electrons. The molecular formula is C8H10O3. The predicted molar refractivity (Wildman–Crippen MR) is 40.0 cm³/mol. The molecule has 0 aromatic carbocycles. The Kier molecular flexibility index (Phi) is 2.72. The molecule has 1 heterocycles. The van der Waals surface area contributed by atoms with Gasteiger partial charge < -0.3 is 9.84 Å². The third kappa shape index (κ3) is 2.89. The van der Waals surface area contributed by atoms with Gasteiger partial charge in [0.25, 0.3) is 0 Å². The van der Waals surface area contributed by atoms with E-state index in [1.165, 1.54) is 0 Å². The van der Waals surface area contributed by atoms with E-state index in [2.05, 4.69) is 0 Å². The summed E-state index contributed by atoms with van der Waals surface area (Å²) in [5.74, 6) is -0.928. The Labute approximate surface area is 65.0 Å². The number of ether oxygens (including phenoxy) is 1. The number of hydrogen-bond acceptors (Lipinski definition) is 2. The highest BCUT2D eigenvalue weighted by Crippen LogP contribution is 2.10. The highest BCUT2D eigenvalue weighted by Gasteiger charge is 2.06. The van der Waals surface area contributed by atoms with E-state index in [9.17, 15) is 4.79 Å². The van der Waals surface area contributed by atoms with E-state index in [0.717, 1.165) is 18.9 Å².